The smallest absolute Gasteiger partial charge is 0.243 e. The molecule has 0 saturated carbocycles. The number of carbonyl (C=O) groups excluding carboxylic acids is 1. The Kier molecular flexibility index (Phi) is 5.21. The molecule has 1 fully saturated rings. The molecule has 116 valence electrons. The molecule has 0 radical (unpaired) electrons. The quantitative estimate of drug-likeness (QED) is 0.839. The van der Waals surface area contributed by atoms with Gasteiger partial charge < -0.3 is 10.6 Å². The Morgan fingerprint density at radius 1 is 1.43 bits per heavy atom. The van der Waals surface area contributed by atoms with E-state index in [-0.39, 0.29) is 17.3 Å². The van der Waals surface area contributed by atoms with Crippen LogP contribution in [-0.4, -0.2) is 50.9 Å². The Morgan fingerprint density at radius 3 is 2.71 bits per heavy atom. The molecule has 1 aromatic rings. The van der Waals surface area contributed by atoms with Crippen LogP contribution in [0, 0.1) is 0 Å². The highest BCUT2D eigenvalue weighted by atomic mass is 35.5. The average molecular weight is 332 g/mol. The Hall–Kier alpha value is -1.15. The molecule has 0 aromatic heterocycles. The highest BCUT2D eigenvalue weighted by Crippen LogP contribution is 2.21. The zero-order valence-corrected chi connectivity index (χ0v) is 13.2. The first kappa shape index (κ1) is 16.2. The van der Waals surface area contributed by atoms with Crippen LogP contribution in [0.3, 0.4) is 0 Å². The van der Waals surface area contributed by atoms with Crippen molar-refractivity contribution in [1.82, 2.24) is 14.9 Å². The molecule has 0 spiro atoms. The lowest BCUT2D eigenvalue weighted by Gasteiger charge is -2.34. The summed E-state index contributed by atoms with van der Waals surface area (Å²) >= 11 is 5.79. The third kappa shape index (κ3) is 3.55. The van der Waals surface area contributed by atoms with Crippen molar-refractivity contribution in [1.29, 1.82) is 0 Å². The first-order chi connectivity index (χ1) is 9.96. The third-order valence-corrected chi connectivity index (χ3v) is 5.44. The molecular weight excluding hydrogens is 314 g/mol. The standard InChI is InChI=1S/C13H18ClN3O3S/c1-2-16-13(18)12-9-15-7-8-17(12)21(19,20)11-5-3-10(14)4-6-11/h3-6,12,15H,2,7-9H2,1H3,(H,16,18). The fourth-order valence-electron chi connectivity index (χ4n) is 2.23. The predicted octanol–water partition coefficient (Wildman–Crippen LogP) is 0.439. The van der Waals surface area contributed by atoms with E-state index in [1.165, 1.54) is 28.6 Å². The van der Waals surface area contributed by atoms with Gasteiger partial charge in [0, 0.05) is 31.2 Å². The molecule has 21 heavy (non-hydrogen) atoms. The Morgan fingerprint density at radius 2 is 2.10 bits per heavy atom. The fraction of sp³-hybridized carbons (Fsp3) is 0.462. The fourth-order valence-corrected chi connectivity index (χ4v) is 3.94. The summed E-state index contributed by atoms with van der Waals surface area (Å²) in [5.74, 6) is -0.290. The molecule has 1 aromatic carbocycles. The number of hydrogen-bond donors (Lipinski definition) is 2. The number of sulfonamides is 1. The maximum Gasteiger partial charge on any atom is 0.243 e. The summed E-state index contributed by atoms with van der Waals surface area (Å²) in [5.41, 5.74) is 0. The molecule has 1 amide bonds. The SMILES string of the molecule is CCNC(=O)C1CNCCN1S(=O)(=O)c1ccc(Cl)cc1. The third-order valence-electron chi connectivity index (χ3n) is 3.27. The van der Waals surface area contributed by atoms with Gasteiger partial charge in [-0.25, -0.2) is 8.42 Å². The molecule has 0 bridgehead atoms. The van der Waals surface area contributed by atoms with Crippen LogP contribution in [0.25, 0.3) is 0 Å². The number of halogens is 1. The van der Waals surface area contributed by atoms with Crippen LogP contribution in [-0.2, 0) is 14.8 Å². The Bertz CT molecular complexity index is 604. The second-order valence-electron chi connectivity index (χ2n) is 4.68. The molecule has 0 aliphatic carbocycles. The number of nitrogens with zero attached hydrogens (tertiary/aromatic N) is 1. The molecule has 1 aliphatic heterocycles. The van der Waals surface area contributed by atoms with Gasteiger partial charge in [-0.15, -0.1) is 0 Å². The van der Waals surface area contributed by atoms with E-state index in [2.05, 4.69) is 10.6 Å². The minimum atomic E-state index is -3.72. The second kappa shape index (κ2) is 6.74. The van der Waals surface area contributed by atoms with Crippen molar-refractivity contribution in [3.8, 4) is 0 Å². The van der Waals surface area contributed by atoms with Crippen molar-refractivity contribution in [2.45, 2.75) is 17.9 Å². The summed E-state index contributed by atoms with van der Waals surface area (Å²) in [6.45, 7) is 3.34. The molecule has 2 rings (SSSR count). The van der Waals surface area contributed by atoms with Gasteiger partial charge in [-0.1, -0.05) is 11.6 Å². The highest BCUT2D eigenvalue weighted by Gasteiger charge is 2.37. The van der Waals surface area contributed by atoms with Crippen LogP contribution < -0.4 is 10.6 Å². The molecule has 8 heteroatoms. The lowest BCUT2D eigenvalue weighted by atomic mass is 10.2. The Balaban J connectivity index is 2.31. The van der Waals surface area contributed by atoms with Crippen LogP contribution in [0.4, 0.5) is 0 Å². The number of amides is 1. The van der Waals surface area contributed by atoms with E-state index in [0.717, 1.165) is 0 Å². The van der Waals surface area contributed by atoms with Crippen molar-refractivity contribution in [3.63, 3.8) is 0 Å². The van der Waals surface area contributed by atoms with Crippen molar-refractivity contribution >= 4 is 27.5 Å². The summed E-state index contributed by atoms with van der Waals surface area (Å²) in [6, 6.07) is 5.22. The van der Waals surface area contributed by atoms with Gasteiger partial charge in [-0.05, 0) is 31.2 Å². The van der Waals surface area contributed by atoms with Gasteiger partial charge in [0.2, 0.25) is 15.9 Å². The number of rotatable bonds is 4. The number of carbonyl (C=O) groups is 1. The molecule has 1 heterocycles. The van der Waals surface area contributed by atoms with Crippen molar-refractivity contribution < 1.29 is 13.2 Å². The van der Waals surface area contributed by atoms with E-state index < -0.39 is 16.1 Å². The van der Waals surface area contributed by atoms with Gasteiger partial charge in [0.25, 0.3) is 0 Å². The van der Waals surface area contributed by atoms with E-state index in [1.807, 2.05) is 0 Å². The minimum absolute atomic E-state index is 0.142. The molecular formula is C13H18ClN3O3S. The number of nitrogens with one attached hydrogen (secondary N) is 2. The lowest BCUT2D eigenvalue weighted by Crippen LogP contribution is -2.59. The topological polar surface area (TPSA) is 78.5 Å². The summed E-state index contributed by atoms with van der Waals surface area (Å²) in [4.78, 5) is 12.2. The van der Waals surface area contributed by atoms with E-state index >= 15 is 0 Å². The largest absolute Gasteiger partial charge is 0.355 e. The van der Waals surface area contributed by atoms with Crippen molar-refractivity contribution in [3.05, 3.63) is 29.3 Å². The van der Waals surface area contributed by atoms with Crippen molar-refractivity contribution in [2.24, 2.45) is 0 Å². The predicted molar refractivity (Wildman–Crippen MR) is 80.7 cm³/mol. The van der Waals surface area contributed by atoms with Gasteiger partial charge in [0.05, 0.1) is 4.90 Å². The van der Waals surface area contributed by atoms with Crippen LogP contribution in [0.2, 0.25) is 5.02 Å². The normalized spacial score (nSPS) is 20.2. The van der Waals surface area contributed by atoms with Crippen molar-refractivity contribution in [2.75, 3.05) is 26.2 Å². The van der Waals surface area contributed by atoms with Gasteiger partial charge >= 0.3 is 0 Å². The summed E-state index contributed by atoms with van der Waals surface area (Å²) in [6.07, 6.45) is 0. The van der Waals surface area contributed by atoms with Gasteiger partial charge in [0.15, 0.2) is 0 Å². The summed E-state index contributed by atoms with van der Waals surface area (Å²) in [7, 11) is -3.72. The molecule has 1 unspecified atom stereocenters. The zero-order chi connectivity index (χ0) is 15.5. The van der Waals surface area contributed by atoms with E-state index in [0.29, 0.717) is 24.7 Å². The van der Waals surface area contributed by atoms with Gasteiger partial charge in [-0.2, -0.15) is 4.31 Å². The van der Waals surface area contributed by atoms with Crippen LogP contribution >= 0.6 is 11.6 Å². The van der Waals surface area contributed by atoms with E-state index in [4.69, 9.17) is 11.6 Å². The molecule has 2 N–H and O–H groups in total. The first-order valence-corrected chi connectivity index (χ1v) is 8.54. The minimum Gasteiger partial charge on any atom is -0.355 e. The van der Waals surface area contributed by atoms with Gasteiger partial charge in [-0.3, -0.25) is 4.79 Å². The van der Waals surface area contributed by atoms with E-state index in [1.54, 1.807) is 6.92 Å². The number of piperazine rings is 1. The maximum absolute atomic E-state index is 12.7. The maximum atomic E-state index is 12.7. The first-order valence-electron chi connectivity index (χ1n) is 6.72. The van der Waals surface area contributed by atoms with E-state index in [9.17, 15) is 13.2 Å². The number of hydrogen-bond acceptors (Lipinski definition) is 4. The monoisotopic (exact) mass is 331 g/mol. The molecule has 1 aliphatic rings. The van der Waals surface area contributed by atoms with Crippen LogP contribution in [0.15, 0.2) is 29.2 Å². The number of benzene rings is 1. The molecule has 6 nitrogen and oxygen atoms in total. The summed E-state index contributed by atoms with van der Waals surface area (Å²) < 4.78 is 26.6. The number of likely N-dealkylation sites (N-methyl/N-ethyl adjacent to an activating group) is 1. The van der Waals surface area contributed by atoms with Gasteiger partial charge in [0.1, 0.15) is 6.04 Å². The lowest BCUT2D eigenvalue weighted by molar-refractivity contribution is -0.125. The molecule has 1 atom stereocenters. The van der Waals surface area contributed by atoms with Crippen LogP contribution in [0.5, 0.6) is 0 Å². The summed E-state index contributed by atoms with van der Waals surface area (Å²) in [5, 5.41) is 6.19. The highest BCUT2D eigenvalue weighted by molar-refractivity contribution is 7.89. The van der Waals surface area contributed by atoms with Crippen LogP contribution in [0.1, 0.15) is 6.92 Å². The zero-order valence-electron chi connectivity index (χ0n) is 11.7. The second-order valence-corrected chi connectivity index (χ2v) is 7.01. The molecule has 1 saturated heterocycles. The Labute approximate surface area is 129 Å². The average Bonchev–Trinajstić information content (AvgIpc) is 2.48.